The Hall–Kier alpha value is -0.990. The van der Waals surface area contributed by atoms with Gasteiger partial charge in [-0.15, -0.1) is 0 Å². The van der Waals surface area contributed by atoms with E-state index in [0.29, 0.717) is 6.42 Å². The van der Waals surface area contributed by atoms with Crippen molar-refractivity contribution in [2.24, 2.45) is 0 Å². The number of hydrogen-bond donors (Lipinski definition) is 1. The Morgan fingerprint density at radius 3 is 2.90 bits per heavy atom. The molecule has 1 heterocycles. The molecule has 1 aliphatic heterocycles. The average Bonchev–Trinajstić information content (AvgIpc) is 2.20. The summed E-state index contributed by atoms with van der Waals surface area (Å²) in [5.74, 6) is -0.541. The van der Waals surface area contributed by atoms with Gasteiger partial charge in [0, 0.05) is 0 Å². The first-order chi connectivity index (χ1) is 4.75. The van der Waals surface area contributed by atoms with Crippen LogP contribution in [-0.2, 0) is 9.53 Å². The molecule has 0 radical (unpaired) electrons. The maximum Gasteiger partial charge on any atom is 0.240 e. The second-order valence-electron chi connectivity index (χ2n) is 2.28. The molecule has 0 amide bonds. The van der Waals surface area contributed by atoms with Crippen molar-refractivity contribution in [3.63, 3.8) is 0 Å². The summed E-state index contributed by atoms with van der Waals surface area (Å²) in [4.78, 5) is 10.9. The third kappa shape index (κ3) is 1.12. The molecular formula is C7H10O3. The van der Waals surface area contributed by atoms with Crippen LogP contribution in [0.1, 0.15) is 19.8 Å². The van der Waals surface area contributed by atoms with E-state index in [4.69, 9.17) is 9.84 Å². The van der Waals surface area contributed by atoms with E-state index in [1.165, 1.54) is 0 Å². The van der Waals surface area contributed by atoms with Gasteiger partial charge in [-0.05, 0) is 6.42 Å². The highest BCUT2D eigenvalue weighted by Crippen LogP contribution is 2.15. The molecule has 0 aromatic carbocycles. The first-order valence-corrected chi connectivity index (χ1v) is 3.34. The number of rotatable bonds is 2. The molecule has 1 aliphatic rings. The van der Waals surface area contributed by atoms with Crippen molar-refractivity contribution in [1.82, 2.24) is 0 Å². The molecule has 0 bridgehead atoms. The fourth-order valence-corrected chi connectivity index (χ4v) is 0.893. The molecule has 0 spiro atoms. The smallest absolute Gasteiger partial charge is 0.240 e. The lowest BCUT2D eigenvalue weighted by Crippen LogP contribution is -2.17. The molecule has 3 nitrogen and oxygen atoms in total. The summed E-state index contributed by atoms with van der Waals surface area (Å²) >= 11 is 0. The van der Waals surface area contributed by atoms with E-state index < -0.39 is 6.10 Å². The molecule has 1 unspecified atom stereocenters. The quantitative estimate of drug-likeness (QED) is 0.629. The van der Waals surface area contributed by atoms with Gasteiger partial charge in [0.05, 0.1) is 0 Å². The largest absolute Gasteiger partial charge is 0.502 e. The molecule has 0 aromatic heterocycles. The Bertz CT molecular complexity index is 172. The van der Waals surface area contributed by atoms with Gasteiger partial charge >= 0.3 is 0 Å². The summed E-state index contributed by atoms with van der Waals surface area (Å²) in [5.41, 5.74) is 0. The van der Waals surface area contributed by atoms with Crippen molar-refractivity contribution in [2.75, 3.05) is 0 Å². The predicted octanol–water partition coefficient (Wildman–Crippen LogP) is 1.15. The molecule has 10 heavy (non-hydrogen) atoms. The minimum absolute atomic E-state index is 0.251. The van der Waals surface area contributed by atoms with E-state index in [2.05, 4.69) is 0 Å². The van der Waals surface area contributed by atoms with Gasteiger partial charge in [-0.1, -0.05) is 13.3 Å². The number of aliphatic hydroxyl groups excluding tert-OH is 1. The highest BCUT2D eigenvalue weighted by atomic mass is 16.5. The maximum atomic E-state index is 10.9. The van der Waals surface area contributed by atoms with E-state index in [1.54, 1.807) is 0 Å². The Balaban J connectivity index is 2.48. The van der Waals surface area contributed by atoms with Crippen molar-refractivity contribution in [3.05, 3.63) is 12.0 Å². The summed E-state index contributed by atoms with van der Waals surface area (Å²) in [6, 6.07) is 0. The number of carbonyl (C=O) groups excluding carboxylic acids is 1. The molecule has 0 aromatic rings. The predicted molar refractivity (Wildman–Crippen MR) is 35.5 cm³/mol. The zero-order valence-electron chi connectivity index (χ0n) is 5.83. The van der Waals surface area contributed by atoms with Crippen LogP contribution in [-0.4, -0.2) is 17.0 Å². The zero-order chi connectivity index (χ0) is 7.56. The lowest BCUT2D eigenvalue weighted by molar-refractivity contribution is -0.123. The van der Waals surface area contributed by atoms with Crippen LogP contribution in [0.4, 0.5) is 0 Å². The van der Waals surface area contributed by atoms with Crippen LogP contribution in [0, 0.1) is 0 Å². The number of ether oxygens (including phenoxy) is 1. The summed E-state index contributed by atoms with van der Waals surface area (Å²) < 4.78 is 4.86. The average molecular weight is 142 g/mol. The Labute approximate surface area is 59.3 Å². The molecular weight excluding hydrogens is 132 g/mol. The first-order valence-electron chi connectivity index (χ1n) is 3.34. The molecule has 1 rings (SSSR count). The molecule has 0 saturated carbocycles. The fourth-order valence-electron chi connectivity index (χ4n) is 0.893. The third-order valence-electron chi connectivity index (χ3n) is 1.44. The highest BCUT2D eigenvalue weighted by molar-refractivity contribution is 5.98. The van der Waals surface area contributed by atoms with E-state index in [0.717, 1.165) is 12.7 Å². The number of hydrogen-bond acceptors (Lipinski definition) is 3. The van der Waals surface area contributed by atoms with Crippen LogP contribution < -0.4 is 0 Å². The van der Waals surface area contributed by atoms with Gasteiger partial charge in [0.15, 0.2) is 11.9 Å². The number of carbonyl (C=O) groups is 1. The molecule has 1 atom stereocenters. The summed E-state index contributed by atoms with van der Waals surface area (Å²) in [5, 5.41) is 8.78. The number of ketones is 1. The van der Waals surface area contributed by atoms with Gasteiger partial charge in [0.25, 0.3) is 0 Å². The maximum absolute atomic E-state index is 10.9. The van der Waals surface area contributed by atoms with Crippen LogP contribution in [0.15, 0.2) is 12.0 Å². The van der Waals surface area contributed by atoms with Crippen LogP contribution in [0.25, 0.3) is 0 Å². The molecule has 3 heteroatoms. The Morgan fingerprint density at radius 1 is 1.80 bits per heavy atom. The molecule has 0 fully saturated rings. The van der Waals surface area contributed by atoms with Crippen LogP contribution in [0.3, 0.4) is 0 Å². The highest BCUT2D eigenvalue weighted by Gasteiger charge is 2.27. The van der Waals surface area contributed by atoms with Gasteiger partial charge in [-0.2, -0.15) is 0 Å². The zero-order valence-corrected chi connectivity index (χ0v) is 5.83. The van der Waals surface area contributed by atoms with Crippen LogP contribution in [0.2, 0.25) is 0 Å². The lowest BCUT2D eigenvalue weighted by Gasteiger charge is -2.04. The SMILES string of the molecule is CCCC1OC=C(O)C1=O. The minimum atomic E-state index is -0.426. The second kappa shape index (κ2) is 2.73. The van der Waals surface area contributed by atoms with Gasteiger partial charge in [-0.25, -0.2) is 0 Å². The summed E-state index contributed by atoms with van der Waals surface area (Å²) in [7, 11) is 0. The van der Waals surface area contributed by atoms with E-state index in [9.17, 15) is 4.79 Å². The van der Waals surface area contributed by atoms with Crippen molar-refractivity contribution >= 4 is 5.78 Å². The van der Waals surface area contributed by atoms with Gasteiger partial charge in [-0.3, -0.25) is 4.79 Å². The van der Waals surface area contributed by atoms with Gasteiger partial charge in [0.2, 0.25) is 5.78 Å². The summed E-state index contributed by atoms with van der Waals surface area (Å²) in [6.45, 7) is 1.96. The second-order valence-corrected chi connectivity index (χ2v) is 2.28. The van der Waals surface area contributed by atoms with Crippen molar-refractivity contribution in [3.8, 4) is 0 Å². The van der Waals surface area contributed by atoms with E-state index >= 15 is 0 Å². The van der Waals surface area contributed by atoms with E-state index in [1.807, 2.05) is 6.92 Å². The first kappa shape index (κ1) is 7.12. The third-order valence-corrected chi connectivity index (χ3v) is 1.44. The minimum Gasteiger partial charge on any atom is -0.502 e. The lowest BCUT2D eigenvalue weighted by atomic mass is 10.1. The van der Waals surface area contributed by atoms with E-state index in [-0.39, 0.29) is 11.5 Å². The van der Waals surface area contributed by atoms with Crippen LogP contribution >= 0.6 is 0 Å². The molecule has 56 valence electrons. The molecule has 0 saturated heterocycles. The number of Topliss-reactive ketones (excluding diaryl/α,β-unsaturated/α-hetero) is 1. The molecule has 1 N–H and O–H groups in total. The van der Waals surface area contributed by atoms with Gasteiger partial charge in [0.1, 0.15) is 6.26 Å². The topological polar surface area (TPSA) is 46.5 Å². The summed E-state index contributed by atoms with van der Waals surface area (Å²) in [6.07, 6.45) is 2.25. The fraction of sp³-hybridized carbons (Fsp3) is 0.571. The van der Waals surface area contributed by atoms with Gasteiger partial charge < -0.3 is 9.84 Å². The van der Waals surface area contributed by atoms with Crippen molar-refractivity contribution in [1.29, 1.82) is 0 Å². The van der Waals surface area contributed by atoms with Crippen molar-refractivity contribution < 1.29 is 14.6 Å². The Kier molecular flexibility index (Phi) is 1.94. The number of aliphatic hydroxyl groups is 1. The van der Waals surface area contributed by atoms with Crippen molar-refractivity contribution in [2.45, 2.75) is 25.9 Å². The standard InChI is InChI=1S/C7H10O3/c1-2-3-6-7(9)5(8)4-10-6/h4,6,8H,2-3H2,1H3. The normalized spacial score (nSPS) is 24.3. The molecule has 0 aliphatic carbocycles. The Morgan fingerprint density at radius 2 is 2.50 bits per heavy atom. The van der Waals surface area contributed by atoms with Crippen LogP contribution in [0.5, 0.6) is 0 Å². The monoisotopic (exact) mass is 142 g/mol.